The molecule has 0 saturated carbocycles. The summed E-state index contributed by atoms with van der Waals surface area (Å²) in [5.74, 6) is -0.255. The quantitative estimate of drug-likeness (QED) is 0.791. The molecule has 0 radical (unpaired) electrons. The summed E-state index contributed by atoms with van der Waals surface area (Å²) in [6.45, 7) is 3.44. The number of nitrogens with zero attached hydrogens (tertiary/aromatic N) is 1. The van der Waals surface area contributed by atoms with Crippen LogP contribution >= 0.6 is 0 Å². The van der Waals surface area contributed by atoms with Gasteiger partial charge < -0.3 is 14.4 Å². The standard InChI is InChI=1S/C19H21NO4/c1-13-10-11-15(12-17(13)23-4)19(22)24-14(2)18(21)20(3)16-8-6-5-7-9-16/h5-12,14H,1-4H3/t14-/m1/s1. The Hall–Kier alpha value is -2.82. The van der Waals surface area contributed by atoms with Crippen molar-refractivity contribution in [2.75, 3.05) is 19.1 Å². The first-order valence-electron chi connectivity index (χ1n) is 7.62. The summed E-state index contributed by atoms with van der Waals surface area (Å²) in [5.41, 5.74) is 2.00. The fourth-order valence-electron chi connectivity index (χ4n) is 2.28. The molecule has 2 aromatic rings. The molecule has 2 rings (SSSR count). The van der Waals surface area contributed by atoms with Crippen LogP contribution in [-0.4, -0.2) is 32.1 Å². The van der Waals surface area contributed by atoms with Crippen LogP contribution in [0, 0.1) is 6.92 Å². The van der Waals surface area contributed by atoms with Crippen LogP contribution in [0.1, 0.15) is 22.8 Å². The summed E-state index contributed by atoms with van der Waals surface area (Å²) in [7, 11) is 3.19. The number of anilines is 1. The van der Waals surface area contributed by atoms with Gasteiger partial charge in [0.05, 0.1) is 12.7 Å². The highest BCUT2D eigenvalue weighted by atomic mass is 16.5. The van der Waals surface area contributed by atoms with E-state index in [9.17, 15) is 9.59 Å². The molecule has 1 atom stereocenters. The molecule has 0 saturated heterocycles. The minimum atomic E-state index is -0.894. The molecule has 24 heavy (non-hydrogen) atoms. The van der Waals surface area contributed by atoms with Crippen LogP contribution in [0.5, 0.6) is 5.75 Å². The van der Waals surface area contributed by atoms with Gasteiger partial charge in [-0.2, -0.15) is 0 Å². The molecule has 0 aliphatic carbocycles. The lowest BCUT2D eigenvalue weighted by molar-refractivity contribution is -0.126. The Kier molecular flexibility index (Phi) is 5.58. The highest BCUT2D eigenvalue weighted by Crippen LogP contribution is 2.20. The molecule has 5 nitrogen and oxygen atoms in total. The van der Waals surface area contributed by atoms with Crippen molar-refractivity contribution in [3.63, 3.8) is 0 Å². The van der Waals surface area contributed by atoms with Gasteiger partial charge in [-0.15, -0.1) is 0 Å². The summed E-state index contributed by atoms with van der Waals surface area (Å²) in [5, 5.41) is 0. The van der Waals surface area contributed by atoms with Crippen LogP contribution in [0.15, 0.2) is 48.5 Å². The van der Waals surface area contributed by atoms with Gasteiger partial charge in [-0.3, -0.25) is 4.79 Å². The molecule has 1 amide bonds. The Labute approximate surface area is 141 Å². The Morgan fingerprint density at radius 1 is 1.08 bits per heavy atom. The van der Waals surface area contributed by atoms with E-state index in [0.717, 1.165) is 11.3 Å². The predicted molar refractivity (Wildman–Crippen MR) is 92.5 cm³/mol. The van der Waals surface area contributed by atoms with Gasteiger partial charge in [0, 0.05) is 12.7 Å². The molecule has 0 heterocycles. The van der Waals surface area contributed by atoms with Crippen LogP contribution in [0.2, 0.25) is 0 Å². The summed E-state index contributed by atoms with van der Waals surface area (Å²) >= 11 is 0. The van der Waals surface area contributed by atoms with Crippen LogP contribution < -0.4 is 9.64 Å². The molecule has 0 fully saturated rings. The van der Waals surface area contributed by atoms with Gasteiger partial charge in [-0.25, -0.2) is 4.79 Å². The van der Waals surface area contributed by atoms with E-state index in [4.69, 9.17) is 9.47 Å². The Bertz CT molecular complexity index is 727. The number of aryl methyl sites for hydroxylation is 1. The van der Waals surface area contributed by atoms with E-state index in [1.54, 1.807) is 39.3 Å². The minimum absolute atomic E-state index is 0.298. The number of methoxy groups -OCH3 is 1. The van der Waals surface area contributed by atoms with E-state index in [-0.39, 0.29) is 5.91 Å². The molecule has 2 aromatic carbocycles. The SMILES string of the molecule is COc1cc(C(=O)O[C@H](C)C(=O)N(C)c2ccccc2)ccc1C. The smallest absolute Gasteiger partial charge is 0.339 e. The third-order valence-corrected chi connectivity index (χ3v) is 3.75. The predicted octanol–water partition coefficient (Wildman–Crippen LogP) is 3.21. The maximum Gasteiger partial charge on any atom is 0.339 e. The summed E-state index contributed by atoms with van der Waals surface area (Å²) in [4.78, 5) is 26.1. The normalized spacial score (nSPS) is 11.5. The van der Waals surface area contributed by atoms with Crippen LogP contribution in [0.25, 0.3) is 0 Å². The van der Waals surface area contributed by atoms with Crippen LogP contribution in [-0.2, 0) is 9.53 Å². The number of para-hydroxylation sites is 1. The van der Waals surface area contributed by atoms with E-state index in [1.807, 2.05) is 37.3 Å². The van der Waals surface area contributed by atoms with Gasteiger partial charge in [0.1, 0.15) is 5.75 Å². The third kappa shape index (κ3) is 3.93. The molecule has 0 bridgehead atoms. The van der Waals surface area contributed by atoms with Gasteiger partial charge in [0.15, 0.2) is 6.10 Å². The zero-order valence-corrected chi connectivity index (χ0v) is 14.3. The van der Waals surface area contributed by atoms with Crippen molar-refractivity contribution >= 4 is 17.6 Å². The highest BCUT2D eigenvalue weighted by Gasteiger charge is 2.23. The molecule has 5 heteroatoms. The van der Waals surface area contributed by atoms with Crippen LogP contribution in [0.4, 0.5) is 5.69 Å². The Morgan fingerprint density at radius 2 is 1.75 bits per heavy atom. The van der Waals surface area contributed by atoms with Crippen molar-refractivity contribution in [3.8, 4) is 5.75 Å². The maximum absolute atomic E-state index is 12.4. The van der Waals surface area contributed by atoms with Gasteiger partial charge in [0.25, 0.3) is 5.91 Å². The molecule has 0 aliphatic rings. The second kappa shape index (κ2) is 7.64. The van der Waals surface area contributed by atoms with Gasteiger partial charge in [0.2, 0.25) is 0 Å². The topological polar surface area (TPSA) is 55.8 Å². The van der Waals surface area contributed by atoms with Gasteiger partial charge in [-0.05, 0) is 43.7 Å². The maximum atomic E-state index is 12.4. The number of likely N-dealkylation sites (N-methyl/N-ethyl adjacent to an activating group) is 1. The summed E-state index contributed by atoms with van der Waals surface area (Å²) < 4.78 is 10.5. The Morgan fingerprint density at radius 3 is 2.38 bits per heavy atom. The van der Waals surface area contributed by atoms with Crippen molar-refractivity contribution in [2.24, 2.45) is 0 Å². The minimum Gasteiger partial charge on any atom is -0.496 e. The third-order valence-electron chi connectivity index (χ3n) is 3.75. The van der Waals surface area contributed by atoms with E-state index < -0.39 is 12.1 Å². The van der Waals surface area contributed by atoms with E-state index in [2.05, 4.69) is 0 Å². The van der Waals surface area contributed by atoms with Gasteiger partial charge in [-0.1, -0.05) is 24.3 Å². The number of carbonyl (C=O) groups excluding carboxylic acids is 2. The number of benzene rings is 2. The largest absolute Gasteiger partial charge is 0.496 e. The molecule has 126 valence electrons. The number of hydrogen-bond acceptors (Lipinski definition) is 4. The van der Waals surface area contributed by atoms with Crippen LogP contribution in [0.3, 0.4) is 0 Å². The number of amides is 1. The number of rotatable bonds is 5. The number of esters is 1. The first-order chi connectivity index (χ1) is 11.4. The second-order valence-electron chi connectivity index (χ2n) is 5.46. The molecule has 0 N–H and O–H groups in total. The lowest BCUT2D eigenvalue weighted by Crippen LogP contribution is -2.37. The first-order valence-corrected chi connectivity index (χ1v) is 7.62. The van der Waals surface area contributed by atoms with Crippen molar-refractivity contribution in [3.05, 3.63) is 59.7 Å². The van der Waals surface area contributed by atoms with E-state index >= 15 is 0 Å². The molecule has 0 spiro atoms. The number of hydrogen-bond donors (Lipinski definition) is 0. The number of ether oxygens (including phenoxy) is 2. The van der Waals surface area contributed by atoms with E-state index in [1.165, 1.54) is 4.90 Å². The van der Waals surface area contributed by atoms with Crippen molar-refractivity contribution in [1.29, 1.82) is 0 Å². The highest BCUT2D eigenvalue weighted by molar-refractivity contribution is 5.98. The molecule has 0 unspecified atom stereocenters. The van der Waals surface area contributed by atoms with Crippen molar-refractivity contribution in [2.45, 2.75) is 20.0 Å². The monoisotopic (exact) mass is 327 g/mol. The fourth-order valence-corrected chi connectivity index (χ4v) is 2.28. The zero-order valence-electron chi connectivity index (χ0n) is 14.3. The lowest BCUT2D eigenvalue weighted by Gasteiger charge is -2.21. The summed E-state index contributed by atoms with van der Waals surface area (Å²) in [6, 6.07) is 14.2. The average molecular weight is 327 g/mol. The first kappa shape index (κ1) is 17.5. The molecule has 0 aromatic heterocycles. The fraction of sp³-hybridized carbons (Fsp3) is 0.263. The van der Waals surface area contributed by atoms with Crippen molar-refractivity contribution in [1.82, 2.24) is 0 Å². The molecular weight excluding hydrogens is 306 g/mol. The average Bonchev–Trinajstić information content (AvgIpc) is 2.61. The van der Waals surface area contributed by atoms with Crippen molar-refractivity contribution < 1.29 is 19.1 Å². The summed E-state index contributed by atoms with van der Waals surface area (Å²) in [6.07, 6.45) is -0.894. The van der Waals surface area contributed by atoms with Gasteiger partial charge >= 0.3 is 5.97 Å². The second-order valence-corrected chi connectivity index (χ2v) is 5.46. The molecular formula is C19H21NO4. The number of carbonyl (C=O) groups is 2. The Balaban J connectivity index is 2.07. The zero-order chi connectivity index (χ0) is 17.7. The lowest BCUT2D eigenvalue weighted by atomic mass is 10.1. The molecule has 0 aliphatic heterocycles. The van der Waals surface area contributed by atoms with E-state index in [0.29, 0.717) is 11.3 Å².